The van der Waals surface area contributed by atoms with E-state index < -0.39 is 0 Å². The first kappa shape index (κ1) is 18.0. The van der Waals surface area contributed by atoms with Crippen LogP contribution in [0.2, 0.25) is 0 Å². The average molecular weight is 284 g/mol. The fourth-order valence-corrected chi connectivity index (χ4v) is 3.50. The summed E-state index contributed by atoms with van der Waals surface area (Å²) in [5.74, 6) is 0. The third kappa shape index (κ3) is 5.37. The van der Waals surface area contributed by atoms with Crippen LogP contribution in [0.4, 0.5) is 0 Å². The summed E-state index contributed by atoms with van der Waals surface area (Å²) in [5.41, 5.74) is 0.00381. The predicted octanol–water partition coefficient (Wildman–Crippen LogP) is 4.75. The number of hydrogen-bond donors (Lipinski definition) is 1. The van der Waals surface area contributed by atoms with E-state index in [1.54, 1.807) is 0 Å². The Kier molecular flexibility index (Phi) is 8.79. The second-order valence-corrected chi connectivity index (χ2v) is 6.83. The molecule has 2 atom stereocenters. The van der Waals surface area contributed by atoms with Gasteiger partial charge in [-0.3, -0.25) is 4.90 Å². The highest BCUT2D eigenvalue weighted by atomic mass is 16.3. The maximum absolute atomic E-state index is 10.7. The van der Waals surface area contributed by atoms with Gasteiger partial charge in [0.05, 0.1) is 6.10 Å². The van der Waals surface area contributed by atoms with Gasteiger partial charge < -0.3 is 5.11 Å². The highest BCUT2D eigenvalue weighted by Gasteiger charge is 2.37. The molecule has 1 rings (SSSR count). The Balaban J connectivity index is 2.31. The van der Waals surface area contributed by atoms with Crippen molar-refractivity contribution in [3.05, 3.63) is 0 Å². The quantitative estimate of drug-likeness (QED) is 0.585. The summed E-state index contributed by atoms with van der Waals surface area (Å²) < 4.78 is 0. The molecule has 120 valence electrons. The van der Waals surface area contributed by atoms with Crippen LogP contribution < -0.4 is 0 Å². The van der Waals surface area contributed by atoms with Gasteiger partial charge in [0.1, 0.15) is 0 Å². The van der Waals surface area contributed by atoms with Gasteiger partial charge in [-0.05, 0) is 45.7 Å². The van der Waals surface area contributed by atoms with E-state index in [1.165, 1.54) is 70.9 Å². The summed E-state index contributed by atoms with van der Waals surface area (Å²) in [6, 6.07) is 0. The molecule has 0 saturated carbocycles. The third-order valence-electron chi connectivity index (χ3n) is 5.34. The van der Waals surface area contributed by atoms with Crippen LogP contribution in [0.5, 0.6) is 0 Å². The highest BCUT2D eigenvalue weighted by molar-refractivity contribution is 4.93. The van der Waals surface area contributed by atoms with Crippen molar-refractivity contribution in [3.63, 3.8) is 0 Å². The molecule has 1 aliphatic rings. The summed E-state index contributed by atoms with van der Waals surface area (Å²) >= 11 is 0. The number of piperidine rings is 1. The van der Waals surface area contributed by atoms with Crippen molar-refractivity contribution in [3.8, 4) is 0 Å². The van der Waals surface area contributed by atoms with E-state index in [0.717, 1.165) is 12.8 Å². The summed E-state index contributed by atoms with van der Waals surface area (Å²) in [6.07, 6.45) is 13.7. The highest BCUT2D eigenvalue weighted by Crippen LogP contribution is 2.29. The Morgan fingerprint density at radius 3 is 2.15 bits per heavy atom. The Bertz CT molecular complexity index is 238. The van der Waals surface area contributed by atoms with Gasteiger partial charge in [-0.15, -0.1) is 0 Å². The fourth-order valence-electron chi connectivity index (χ4n) is 3.50. The van der Waals surface area contributed by atoms with Crippen LogP contribution in [0.1, 0.15) is 91.4 Å². The van der Waals surface area contributed by atoms with Crippen molar-refractivity contribution in [2.45, 2.75) is 103 Å². The van der Waals surface area contributed by atoms with Gasteiger partial charge in [0.15, 0.2) is 0 Å². The van der Waals surface area contributed by atoms with Crippen molar-refractivity contribution in [2.24, 2.45) is 0 Å². The zero-order valence-corrected chi connectivity index (χ0v) is 14.2. The Hall–Kier alpha value is -0.0800. The molecule has 0 aromatic heterocycles. The molecule has 0 radical (unpaired) electrons. The number of aliphatic hydroxyl groups excluding tert-OH is 1. The summed E-state index contributed by atoms with van der Waals surface area (Å²) in [7, 11) is 0. The van der Waals surface area contributed by atoms with Crippen LogP contribution in [-0.2, 0) is 0 Å². The van der Waals surface area contributed by atoms with Gasteiger partial charge in [0.2, 0.25) is 0 Å². The lowest BCUT2D eigenvalue weighted by atomic mass is 9.85. The maximum Gasteiger partial charge on any atom is 0.0721 e. The van der Waals surface area contributed by atoms with Crippen LogP contribution in [0.15, 0.2) is 0 Å². The molecule has 0 spiro atoms. The van der Waals surface area contributed by atoms with E-state index in [0.29, 0.717) is 0 Å². The average Bonchev–Trinajstić information content (AvgIpc) is 2.50. The van der Waals surface area contributed by atoms with Crippen molar-refractivity contribution >= 4 is 0 Å². The zero-order chi connectivity index (χ0) is 14.8. The van der Waals surface area contributed by atoms with Crippen molar-refractivity contribution in [1.29, 1.82) is 0 Å². The molecule has 0 bridgehead atoms. The molecule has 20 heavy (non-hydrogen) atoms. The largest absolute Gasteiger partial charge is 0.391 e. The lowest BCUT2D eigenvalue weighted by molar-refractivity contribution is -0.0379. The molecule has 2 unspecified atom stereocenters. The van der Waals surface area contributed by atoms with E-state index >= 15 is 0 Å². The molecule has 1 fully saturated rings. The Labute approximate surface area is 126 Å². The van der Waals surface area contributed by atoms with Crippen LogP contribution in [0.3, 0.4) is 0 Å². The molecule has 1 N–H and O–H groups in total. The molecular weight excluding hydrogens is 246 g/mol. The van der Waals surface area contributed by atoms with Gasteiger partial charge in [0.25, 0.3) is 0 Å². The number of unbranched alkanes of at least 4 members (excludes halogenated alkanes) is 5. The standard InChI is InChI=1S/C18H37NO/c1-4-6-7-8-9-11-14-17(20)18(3,5-2)19-15-12-10-13-16-19/h17,20H,4-16H2,1-3H3. The second kappa shape index (κ2) is 9.78. The van der Waals surface area contributed by atoms with E-state index in [-0.39, 0.29) is 11.6 Å². The van der Waals surface area contributed by atoms with Crippen LogP contribution in [0.25, 0.3) is 0 Å². The first-order valence-electron chi connectivity index (χ1n) is 9.08. The molecule has 1 aliphatic heterocycles. The van der Waals surface area contributed by atoms with Crippen molar-refractivity contribution in [1.82, 2.24) is 4.90 Å². The molecule has 1 heterocycles. The van der Waals surface area contributed by atoms with Crippen molar-refractivity contribution < 1.29 is 5.11 Å². The number of rotatable bonds is 10. The van der Waals surface area contributed by atoms with Gasteiger partial charge in [-0.2, -0.15) is 0 Å². The van der Waals surface area contributed by atoms with Crippen LogP contribution in [0, 0.1) is 0 Å². The Morgan fingerprint density at radius 2 is 1.55 bits per heavy atom. The Morgan fingerprint density at radius 1 is 0.950 bits per heavy atom. The number of aliphatic hydroxyl groups is 1. The van der Waals surface area contributed by atoms with Gasteiger partial charge in [0, 0.05) is 5.54 Å². The van der Waals surface area contributed by atoms with Gasteiger partial charge in [-0.25, -0.2) is 0 Å². The first-order valence-corrected chi connectivity index (χ1v) is 9.08. The summed E-state index contributed by atoms with van der Waals surface area (Å²) in [5, 5.41) is 10.7. The van der Waals surface area contributed by atoms with Crippen molar-refractivity contribution in [2.75, 3.05) is 13.1 Å². The van der Waals surface area contributed by atoms with Crippen LogP contribution >= 0.6 is 0 Å². The number of hydrogen-bond acceptors (Lipinski definition) is 2. The molecular formula is C18H37NO. The topological polar surface area (TPSA) is 23.5 Å². The monoisotopic (exact) mass is 283 g/mol. The molecule has 0 aromatic rings. The zero-order valence-electron chi connectivity index (χ0n) is 14.2. The molecule has 1 saturated heterocycles. The fraction of sp³-hybridized carbons (Fsp3) is 1.00. The predicted molar refractivity (Wildman–Crippen MR) is 88.1 cm³/mol. The van der Waals surface area contributed by atoms with E-state index in [9.17, 15) is 5.11 Å². The van der Waals surface area contributed by atoms with Gasteiger partial charge >= 0.3 is 0 Å². The van der Waals surface area contributed by atoms with Gasteiger partial charge in [-0.1, -0.05) is 58.8 Å². The minimum absolute atomic E-state index is 0.00381. The summed E-state index contributed by atoms with van der Waals surface area (Å²) in [4.78, 5) is 2.55. The lowest BCUT2D eigenvalue weighted by Gasteiger charge is -2.46. The minimum atomic E-state index is -0.156. The summed E-state index contributed by atoms with van der Waals surface area (Å²) in [6.45, 7) is 9.13. The number of likely N-dealkylation sites (tertiary alicyclic amines) is 1. The second-order valence-electron chi connectivity index (χ2n) is 6.83. The smallest absolute Gasteiger partial charge is 0.0721 e. The molecule has 0 aliphatic carbocycles. The molecule has 0 aromatic carbocycles. The minimum Gasteiger partial charge on any atom is -0.391 e. The molecule has 2 nitrogen and oxygen atoms in total. The lowest BCUT2D eigenvalue weighted by Crippen LogP contribution is -2.55. The van der Waals surface area contributed by atoms with E-state index in [1.807, 2.05) is 0 Å². The third-order valence-corrected chi connectivity index (χ3v) is 5.34. The number of nitrogens with zero attached hydrogens (tertiary/aromatic N) is 1. The first-order chi connectivity index (χ1) is 9.65. The SMILES string of the molecule is CCCCCCCCC(O)C(C)(CC)N1CCCCC1. The van der Waals surface area contributed by atoms with E-state index in [2.05, 4.69) is 25.7 Å². The normalized spacial score (nSPS) is 21.6. The maximum atomic E-state index is 10.7. The van der Waals surface area contributed by atoms with E-state index in [4.69, 9.17) is 0 Å². The molecule has 0 amide bonds. The van der Waals surface area contributed by atoms with Crippen LogP contribution in [-0.4, -0.2) is 34.7 Å². The molecule has 2 heteroatoms.